The van der Waals surface area contributed by atoms with Gasteiger partial charge in [0, 0.05) is 18.5 Å². The van der Waals surface area contributed by atoms with E-state index in [1.165, 1.54) is 0 Å². The maximum atomic E-state index is 11.9. The zero-order valence-electron chi connectivity index (χ0n) is 12.6. The lowest BCUT2D eigenvalue weighted by atomic mass is 10.1. The lowest BCUT2D eigenvalue weighted by Gasteiger charge is -2.14. The highest BCUT2D eigenvalue weighted by Gasteiger charge is 2.10. The summed E-state index contributed by atoms with van der Waals surface area (Å²) in [6, 6.07) is 18.7. The summed E-state index contributed by atoms with van der Waals surface area (Å²) < 4.78 is 0. The van der Waals surface area contributed by atoms with Gasteiger partial charge >= 0.3 is 0 Å². The van der Waals surface area contributed by atoms with Gasteiger partial charge in [0.05, 0.1) is 6.04 Å². The second kappa shape index (κ2) is 7.98. The van der Waals surface area contributed by atoms with Gasteiger partial charge < -0.3 is 10.6 Å². The summed E-state index contributed by atoms with van der Waals surface area (Å²) in [5, 5.41) is 5.66. The normalized spacial score (nSPS) is 11.5. The van der Waals surface area contributed by atoms with E-state index in [2.05, 4.69) is 10.6 Å². The Labute approximate surface area is 130 Å². The number of nitrogens with one attached hydrogen (secondary N) is 2. The van der Waals surface area contributed by atoms with Crippen molar-refractivity contribution in [2.45, 2.75) is 19.4 Å². The highest BCUT2D eigenvalue weighted by atomic mass is 16.2. The Balaban J connectivity index is 1.73. The topological polar surface area (TPSA) is 58.2 Å². The third-order valence-corrected chi connectivity index (χ3v) is 3.35. The maximum Gasteiger partial charge on any atom is 0.251 e. The molecule has 0 heterocycles. The van der Waals surface area contributed by atoms with Gasteiger partial charge in [-0.25, -0.2) is 0 Å². The van der Waals surface area contributed by atoms with Crippen molar-refractivity contribution in [1.29, 1.82) is 0 Å². The lowest BCUT2D eigenvalue weighted by molar-refractivity contribution is -0.121. The molecule has 2 rings (SSSR count). The standard InChI is InChI=1S/C18H20N2O2/c1-14(15-8-4-2-5-9-15)20-17(21)12-13-19-18(22)16-10-6-3-7-11-16/h2-11,14H,12-13H2,1H3,(H,19,22)(H,20,21). The van der Waals surface area contributed by atoms with Crippen molar-refractivity contribution in [3.8, 4) is 0 Å². The molecule has 0 saturated heterocycles. The second-order valence-corrected chi connectivity index (χ2v) is 5.07. The summed E-state index contributed by atoms with van der Waals surface area (Å²) in [5.41, 5.74) is 1.66. The summed E-state index contributed by atoms with van der Waals surface area (Å²) in [7, 11) is 0. The maximum absolute atomic E-state index is 11.9. The van der Waals surface area contributed by atoms with E-state index in [1.54, 1.807) is 12.1 Å². The third-order valence-electron chi connectivity index (χ3n) is 3.35. The van der Waals surface area contributed by atoms with E-state index in [0.29, 0.717) is 12.1 Å². The third kappa shape index (κ3) is 4.74. The van der Waals surface area contributed by atoms with E-state index in [9.17, 15) is 9.59 Å². The molecular weight excluding hydrogens is 276 g/mol. The summed E-state index contributed by atoms with van der Waals surface area (Å²) in [4.78, 5) is 23.7. The molecule has 1 unspecified atom stereocenters. The first-order chi connectivity index (χ1) is 10.7. The molecule has 0 spiro atoms. The van der Waals surface area contributed by atoms with Crippen LogP contribution >= 0.6 is 0 Å². The highest BCUT2D eigenvalue weighted by Crippen LogP contribution is 2.10. The van der Waals surface area contributed by atoms with Crippen molar-refractivity contribution >= 4 is 11.8 Å². The van der Waals surface area contributed by atoms with Gasteiger partial charge in [0.2, 0.25) is 5.91 Å². The van der Waals surface area contributed by atoms with Gasteiger partial charge in [0.1, 0.15) is 0 Å². The van der Waals surface area contributed by atoms with Gasteiger partial charge in [0.15, 0.2) is 0 Å². The first-order valence-electron chi connectivity index (χ1n) is 7.34. The van der Waals surface area contributed by atoms with Crippen LogP contribution in [0.2, 0.25) is 0 Å². The molecule has 0 radical (unpaired) electrons. The zero-order valence-corrected chi connectivity index (χ0v) is 12.6. The number of amides is 2. The molecule has 0 aromatic heterocycles. The van der Waals surface area contributed by atoms with Crippen LogP contribution in [0, 0.1) is 0 Å². The Hall–Kier alpha value is -2.62. The minimum atomic E-state index is -0.162. The molecule has 22 heavy (non-hydrogen) atoms. The molecular formula is C18H20N2O2. The van der Waals surface area contributed by atoms with Gasteiger partial charge in [-0.1, -0.05) is 48.5 Å². The van der Waals surface area contributed by atoms with Gasteiger partial charge in [-0.05, 0) is 24.6 Å². The quantitative estimate of drug-likeness (QED) is 0.861. The minimum absolute atomic E-state index is 0.0430. The summed E-state index contributed by atoms with van der Waals surface area (Å²) in [6.45, 7) is 2.26. The van der Waals surface area contributed by atoms with Crippen LogP contribution in [0.5, 0.6) is 0 Å². The van der Waals surface area contributed by atoms with Crippen LogP contribution in [0.3, 0.4) is 0 Å². The van der Waals surface area contributed by atoms with Gasteiger partial charge in [-0.2, -0.15) is 0 Å². The molecule has 2 N–H and O–H groups in total. The average Bonchev–Trinajstić information content (AvgIpc) is 2.56. The molecule has 0 aliphatic heterocycles. The Morgan fingerprint density at radius 3 is 2.18 bits per heavy atom. The molecule has 4 nitrogen and oxygen atoms in total. The first kappa shape index (κ1) is 15.8. The molecule has 1 atom stereocenters. The Morgan fingerprint density at radius 1 is 0.955 bits per heavy atom. The van der Waals surface area contributed by atoms with Crippen molar-refractivity contribution in [2.75, 3.05) is 6.54 Å². The summed E-state index contributed by atoms with van der Waals surface area (Å²) in [6.07, 6.45) is 0.260. The number of benzene rings is 2. The molecule has 4 heteroatoms. The number of carbonyl (C=O) groups is 2. The highest BCUT2D eigenvalue weighted by molar-refractivity contribution is 5.94. The molecule has 0 aliphatic rings. The van der Waals surface area contributed by atoms with Gasteiger partial charge in [-0.15, -0.1) is 0 Å². The van der Waals surface area contributed by atoms with E-state index in [-0.39, 0.29) is 24.3 Å². The number of hydrogen-bond acceptors (Lipinski definition) is 2. The van der Waals surface area contributed by atoms with Crippen LogP contribution < -0.4 is 10.6 Å². The molecule has 2 aromatic rings. The number of rotatable bonds is 6. The lowest BCUT2D eigenvalue weighted by Crippen LogP contribution is -2.32. The SMILES string of the molecule is CC(NC(=O)CCNC(=O)c1ccccc1)c1ccccc1. The predicted molar refractivity (Wildman–Crippen MR) is 86.4 cm³/mol. The average molecular weight is 296 g/mol. The smallest absolute Gasteiger partial charge is 0.251 e. The minimum Gasteiger partial charge on any atom is -0.352 e. The molecule has 114 valence electrons. The summed E-state index contributed by atoms with van der Waals surface area (Å²) in [5.74, 6) is -0.241. The van der Waals surface area contributed by atoms with E-state index < -0.39 is 0 Å². The van der Waals surface area contributed by atoms with E-state index in [4.69, 9.17) is 0 Å². The summed E-state index contributed by atoms with van der Waals surface area (Å²) >= 11 is 0. The fourth-order valence-electron chi connectivity index (χ4n) is 2.12. The van der Waals surface area contributed by atoms with Crippen molar-refractivity contribution in [1.82, 2.24) is 10.6 Å². The molecule has 0 aliphatic carbocycles. The number of hydrogen-bond donors (Lipinski definition) is 2. The first-order valence-corrected chi connectivity index (χ1v) is 7.34. The Morgan fingerprint density at radius 2 is 1.55 bits per heavy atom. The van der Waals surface area contributed by atoms with Crippen molar-refractivity contribution in [3.05, 3.63) is 71.8 Å². The monoisotopic (exact) mass is 296 g/mol. The van der Waals surface area contributed by atoms with Crippen molar-refractivity contribution in [3.63, 3.8) is 0 Å². The van der Waals surface area contributed by atoms with Crippen LogP contribution in [0.25, 0.3) is 0 Å². The van der Waals surface area contributed by atoms with E-state index in [0.717, 1.165) is 5.56 Å². The van der Waals surface area contributed by atoms with Crippen LogP contribution in [0.4, 0.5) is 0 Å². The van der Waals surface area contributed by atoms with E-state index in [1.807, 2.05) is 55.5 Å². The van der Waals surface area contributed by atoms with Crippen LogP contribution in [0.1, 0.15) is 35.3 Å². The van der Waals surface area contributed by atoms with Crippen LogP contribution in [0.15, 0.2) is 60.7 Å². The molecule has 0 fully saturated rings. The van der Waals surface area contributed by atoms with Crippen LogP contribution in [-0.2, 0) is 4.79 Å². The van der Waals surface area contributed by atoms with Gasteiger partial charge in [-0.3, -0.25) is 9.59 Å². The zero-order chi connectivity index (χ0) is 15.8. The Bertz CT molecular complexity index is 611. The second-order valence-electron chi connectivity index (χ2n) is 5.07. The van der Waals surface area contributed by atoms with Gasteiger partial charge in [0.25, 0.3) is 5.91 Å². The van der Waals surface area contributed by atoms with Crippen LogP contribution in [-0.4, -0.2) is 18.4 Å². The fraction of sp³-hybridized carbons (Fsp3) is 0.222. The number of carbonyl (C=O) groups excluding carboxylic acids is 2. The Kier molecular flexibility index (Phi) is 5.72. The molecule has 2 amide bonds. The molecule has 0 bridgehead atoms. The fourth-order valence-corrected chi connectivity index (χ4v) is 2.12. The van der Waals surface area contributed by atoms with Crippen molar-refractivity contribution in [2.24, 2.45) is 0 Å². The molecule has 0 saturated carbocycles. The molecule has 2 aromatic carbocycles. The largest absolute Gasteiger partial charge is 0.352 e. The van der Waals surface area contributed by atoms with Crippen molar-refractivity contribution < 1.29 is 9.59 Å². The predicted octanol–water partition coefficient (Wildman–Crippen LogP) is 2.68. The van der Waals surface area contributed by atoms with E-state index >= 15 is 0 Å².